The highest BCUT2D eigenvalue weighted by Gasteiger charge is 2.18. The van der Waals surface area contributed by atoms with Crippen LogP contribution in [0.5, 0.6) is 0 Å². The summed E-state index contributed by atoms with van der Waals surface area (Å²) in [5, 5.41) is 8.90. The molecule has 1 aliphatic heterocycles. The van der Waals surface area contributed by atoms with Crippen molar-refractivity contribution in [1.29, 1.82) is 0 Å². The standard InChI is InChI=1S/C23H36N8O/c1-17(2)15-24-16-25-23(32)28-19-7-6-8-20(13-19)30(5)21-14-22(27-18(3)26-21)31-11-9-29(4)10-12-31/h6-8,13-14,17,24H,9-12,15-16H2,1-5H3,(H2,25,28,32). The van der Waals surface area contributed by atoms with Crippen LogP contribution in [0.15, 0.2) is 30.3 Å². The summed E-state index contributed by atoms with van der Waals surface area (Å²) in [6.45, 7) is 11.4. The van der Waals surface area contributed by atoms with Gasteiger partial charge in [-0.3, -0.25) is 5.32 Å². The van der Waals surface area contributed by atoms with Gasteiger partial charge in [-0.15, -0.1) is 0 Å². The molecule has 0 unspecified atom stereocenters. The van der Waals surface area contributed by atoms with Crippen molar-refractivity contribution >= 4 is 29.0 Å². The van der Waals surface area contributed by atoms with Crippen LogP contribution in [0, 0.1) is 12.8 Å². The predicted octanol–water partition coefficient (Wildman–Crippen LogP) is 2.63. The molecule has 0 saturated carbocycles. The molecule has 1 fully saturated rings. The Morgan fingerprint density at radius 1 is 1.16 bits per heavy atom. The molecule has 9 heteroatoms. The van der Waals surface area contributed by atoms with Crippen LogP contribution in [0.1, 0.15) is 19.7 Å². The van der Waals surface area contributed by atoms with Gasteiger partial charge in [0.25, 0.3) is 0 Å². The van der Waals surface area contributed by atoms with Gasteiger partial charge in [-0.25, -0.2) is 14.8 Å². The average molecular weight is 441 g/mol. The van der Waals surface area contributed by atoms with Gasteiger partial charge in [0.2, 0.25) is 0 Å². The molecule has 3 N–H and O–H groups in total. The first-order valence-electron chi connectivity index (χ1n) is 11.2. The summed E-state index contributed by atoms with van der Waals surface area (Å²) in [5.74, 6) is 3.06. The topological polar surface area (TPSA) is 88.7 Å². The van der Waals surface area contributed by atoms with E-state index in [4.69, 9.17) is 0 Å². The minimum absolute atomic E-state index is 0.240. The van der Waals surface area contributed by atoms with Crippen molar-refractivity contribution in [3.05, 3.63) is 36.2 Å². The third-order valence-electron chi connectivity index (χ3n) is 5.40. The first kappa shape index (κ1) is 23.7. The quantitative estimate of drug-likeness (QED) is 0.430. The Morgan fingerprint density at radius 2 is 1.91 bits per heavy atom. The van der Waals surface area contributed by atoms with Crippen LogP contribution < -0.4 is 25.8 Å². The molecule has 0 atom stereocenters. The van der Waals surface area contributed by atoms with Crippen molar-refractivity contribution in [2.24, 2.45) is 5.92 Å². The predicted molar refractivity (Wildman–Crippen MR) is 131 cm³/mol. The van der Waals surface area contributed by atoms with E-state index in [1.807, 2.05) is 49.2 Å². The van der Waals surface area contributed by atoms with Crippen molar-refractivity contribution in [2.45, 2.75) is 20.8 Å². The minimum atomic E-state index is -0.240. The number of carbonyl (C=O) groups is 1. The Bertz CT molecular complexity index is 895. The highest BCUT2D eigenvalue weighted by molar-refractivity contribution is 5.90. The number of rotatable bonds is 8. The van der Waals surface area contributed by atoms with E-state index in [-0.39, 0.29) is 6.03 Å². The zero-order valence-corrected chi connectivity index (χ0v) is 19.9. The first-order valence-corrected chi connectivity index (χ1v) is 11.2. The van der Waals surface area contributed by atoms with Crippen LogP contribution in [0.2, 0.25) is 0 Å². The molecule has 0 spiro atoms. The number of hydrogen-bond acceptors (Lipinski definition) is 7. The lowest BCUT2D eigenvalue weighted by atomic mass is 10.2. The summed E-state index contributed by atoms with van der Waals surface area (Å²) in [4.78, 5) is 28.1. The summed E-state index contributed by atoms with van der Waals surface area (Å²) in [6.07, 6.45) is 0. The number of hydrogen-bond donors (Lipinski definition) is 3. The lowest BCUT2D eigenvalue weighted by Gasteiger charge is -2.33. The molecule has 2 heterocycles. The molecule has 0 aliphatic carbocycles. The van der Waals surface area contributed by atoms with E-state index in [9.17, 15) is 4.79 Å². The van der Waals surface area contributed by atoms with Gasteiger partial charge in [-0.05, 0) is 44.6 Å². The number of benzene rings is 1. The molecular formula is C23H36N8O. The van der Waals surface area contributed by atoms with Crippen LogP contribution in [0.4, 0.5) is 27.8 Å². The van der Waals surface area contributed by atoms with E-state index in [1.54, 1.807) is 0 Å². The fraction of sp³-hybridized carbons (Fsp3) is 0.522. The van der Waals surface area contributed by atoms with Crippen molar-refractivity contribution in [3.63, 3.8) is 0 Å². The number of anilines is 4. The second-order valence-electron chi connectivity index (χ2n) is 8.69. The van der Waals surface area contributed by atoms with Crippen molar-refractivity contribution in [3.8, 4) is 0 Å². The minimum Gasteiger partial charge on any atom is -0.354 e. The monoisotopic (exact) mass is 440 g/mol. The van der Waals surface area contributed by atoms with Gasteiger partial charge in [0, 0.05) is 50.7 Å². The van der Waals surface area contributed by atoms with Crippen molar-refractivity contribution in [2.75, 3.05) is 68.6 Å². The average Bonchev–Trinajstić information content (AvgIpc) is 2.76. The Hall–Kier alpha value is -2.91. The summed E-state index contributed by atoms with van der Waals surface area (Å²) in [7, 11) is 4.12. The summed E-state index contributed by atoms with van der Waals surface area (Å²) in [6, 6.07) is 9.53. The molecule has 0 bridgehead atoms. The van der Waals surface area contributed by atoms with Crippen LogP contribution in [-0.4, -0.2) is 74.4 Å². The van der Waals surface area contributed by atoms with Gasteiger partial charge in [0.1, 0.15) is 17.5 Å². The van der Waals surface area contributed by atoms with Crippen LogP contribution in [-0.2, 0) is 0 Å². The molecule has 2 amide bonds. The van der Waals surface area contributed by atoms with Crippen LogP contribution in [0.3, 0.4) is 0 Å². The molecule has 1 aromatic heterocycles. The normalized spacial score (nSPS) is 14.5. The fourth-order valence-corrected chi connectivity index (χ4v) is 3.51. The number of likely N-dealkylation sites (N-methyl/N-ethyl adjacent to an activating group) is 1. The summed E-state index contributed by atoms with van der Waals surface area (Å²) in [5.41, 5.74) is 1.66. The Kier molecular flexibility index (Phi) is 8.24. The second-order valence-corrected chi connectivity index (χ2v) is 8.69. The number of aromatic nitrogens is 2. The molecule has 1 aliphatic rings. The highest BCUT2D eigenvalue weighted by Crippen LogP contribution is 2.27. The Morgan fingerprint density at radius 3 is 2.62 bits per heavy atom. The third-order valence-corrected chi connectivity index (χ3v) is 5.40. The summed E-state index contributed by atoms with van der Waals surface area (Å²) < 4.78 is 0. The largest absolute Gasteiger partial charge is 0.354 e. The number of amides is 2. The number of carbonyl (C=O) groups excluding carboxylic acids is 1. The van der Waals surface area contributed by atoms with E-state index in [1.165, 1.54) is 0 Å². The van der Waals surface area contributed by atoms with Gasteiger partial charge in [0.05, 0.1) is 6.67 Å². The van der Waals surface area contributed by atoms with E-state index in [0.717, 1.165) is 61.6 Å². The maximum atomic E-state index is 12.2. The lowest BCUT2D eigenvalue weighted by Crippen LogP contribution is -2.45. The number of nitrogens with one attached hydrogen (secondary N) is 3. The highest BCUT2D eigenvalue weighted by atomic mass is 16.2. The van der Waals surface area contributed by atoms with Gasteiger partial charge in [0.15, 0.2) is 0 Å². The fourth-order valence-electron chi connectivity index (χ4n) is 3.51. The molecule has 32 heavy (non-hydrogen) atoms. The Balaban J connectivity index is 1.66. The summed E-state index contributed by atoms with van der Waals surface area (Å²) >= 11 is 0. The van der Waals surface area contributed by atoms with Crippen molar-refractivity contribution in [1.82, 2.24) is 25.5 Å². The van der Waals surface area contributed by atoms with Gasteiger partial charge in [-0.2, -0.15) is 0 Å². The molecule has 1 saturated heterocycles. The lowest BCUT2D eigenvalue weighted by molar-refractivity contribution is 0.251. The zero-order valence-electron chi connectivity index (χ0n) is 19.9. The van der Waals surface area contributed by atoms with E-state index in [0.29, 0.717) is 12.6 Å². The molecule has 0 radical (unpaired) electrons. The molecule has 3 rings (SSSR count). The second kappa shape index (κ2) is 11.1. The van der Waals surface area contributed by atoms with Crippen molar-refractivity contribution < 1.29 is 4.79 Å². The van der Waals surface area contributed by atoms with Crippen LogP contribution >= 0.6 is 0 Å². The molecule has 9 nitrogen and oxygen atoms in total. The van der Waals surface area contributed by atoms with Gasteiger partial charge >= 0.3 is 6.03 Å². The first-order chi connectivity index (χ1) is 15.3. The SMILES string of the molecule is Cc1nc(N2CCN(C)CC2)cc(N(C)c2cccc(NC(=O)NCNCC(C)C)c2)n1. The maximum absolute atomic E-state index is 12.2. The van der Waals surface area contributed by atoms with E-state index < -0.39 is 0 Å². The zero-order chi connectivity index (χ0) is 23.1. The Labute approximate surface area is 191 Å². The number of urea groups is 1. The number of aryl methyl sites for hydroxylation is 1. The number of piperazine rings is 1. The molecular weight excluding hydrogens is 404 g/mol. The number of nitrogens with zero attached hydrogens (tertiary/aromatic N) is 5. The molecule has 174 valence electrons. The van der Waals surface area contributed by atoms with E-state index in [2.05, 4.69) is 56.6 Å². The van der Waals surface area contributed by atoms with Crippen LogP contribution in [0.25, 0.3) is 0 Å². The van der Waals surface area contributed by atoms with Gasteiger partial charge in [-0.1, -0.05) is 19.9 Å². The smallest absolute Gasteiger partial charge is 0.320 e. The molecule has 1 aromatic carbocycles. The third kappa shape index (κ3) is 6.80. The van der Waals surface area contributed by atoms with E-state index >= 15 is 0 Å². The maximum Gasteiger partial charge on any atom is 0.320 e. The molecule has 2 aromatic rings. The van der Waals surface area contributed by atoms with Gasteiger partial charge < -0.3 is 25.3 Å².